The molecule has 0 aliphatic heterocycles. The Morgan fingerprint density at radius 2 is 1.71 bits per heavy atom. The van der Waals surface area contributed by atoms with Crippen LogP contribution < -0.4 is 10.4 Å². The minimum atomic E-state index is -4.52. The molecular weight excluding hydrogens is 244 g/mol. The van der Waals surface area contributed by atoms with Crippen LogP contribution in [-0.4, -0.2) is 27.9 Å². The van der Waals surface area contributed by atoms with Crippen LogP contribution in [0.4, 0.5) is 0 Å². The number of hydrogen-bond donors (Lipinski definition) is 3. The molecule has 1 atom stereocenters. The van der Waals surface area contributed by atoms with Gasteiger partial charge in [0, 0.05) is 16.9 Å². The average molecular weight is 256 g/mol. The van der Waals surface area contributed by atoms with Crippen LogP contribution in [-0.2, 0) is 10.1 Å². The van der Waals surface area contributed by atoms with Crippen LogP contribution in [0, 0.1) is 0 Å². The average Bonchev–Trinajstić information content (AvgIpc) is 2.25. The zero-order valence-corrected chi connectivity index (χ0v) is 9.90. The van der Waals surface area contributed by atoms with Crippen LogP contribution in [0.25, 0.3) is 11.5 Å². The van der Waals surface area contributed by atoms with E-state index in [1.165, 1.54) is 13.0 Å². The minimum Gasteiger partial charge on any atom is -0.512 e. The van der Waals surface area contributed by atoms with Gasteiger partial charge in [0.25, 0.3) is 10.1 Å². The van der Waals surface area contributed by atoms with Crippen LogP contribution in [0.3, 0.4) is 0 Å². The Morgan fingerprint density at radius 1 is 1.18 bits per heavy atom. The van der Waals surface area contributed by atoms with Gasteiger partial charge in [0.1, 0.15) is 11.5 Å². The van der Waals surface area contributed by atoms with Crippen LogP contribution >= 0.6 is 0 Å². The maximum atomic E-state index is 11.3. The van der Waals surface area contributed by atoms with Crippen molar-refractivity contribution in [3.63, 3.8) is 0 Å². The van der Waals surface area contributed by atoms with E-state index in [9.17, 15) is 23.2 Å². The molecule has 0 amide bonds. The molecule has 0 fully saturated rings. The van der Waals surface area contributed by atoms with E-state index in [1.807, 2.05) is 0 Å². The summed E-state index contributed by atoms with van der Waals surface area (Å²) in [5.74, 6) is -0.619. The molecule has 1 aliphatic rings. The first-order chi connectivity index (χ1) is 7.77. The smallest absolute Gasteiger partial charge is 0.278 e. The molecule has 0 heterocycles. The molecule has 6 heteroatoms. The Bertz CT molecular complexity index is 689. The Balaban J connectivity index is 2.93. The van der Waals surface area contributed by atoms with Gasteiger partial charge in [-0.2, -0.15) is 8.42 Å². The largest absolute Gasteiger partial charge is 0.512 e. The van der Waals surface area contributed by atoms with Crippen molar-refractivity contribution < 1.29 is 23.2 Å². The standard InChI is InChI=1S/C11H12O5S/c1-11(17(14,15)16)6-9(12)7-4-2-3-5-8(7)10(11)13/h2-5,12-13H,6H2,1H3,(H,14,15,16)/t11-/m0/s1. The summed E-state index contributed by atoms with van der Waals surface area (Å²) >= 11 is 0. The highest BCUT2D eigenvalue weighted by Gasteiger charge is 2.45. The molecule has 5 nitrogen and oxygen atoms in total. The van der Waals surface area contributed by atoms with E-state index in [4.69, 9.17) is 0 Å². The van der Waals surface area contributed by atoms with E-state index >= 15 is 0 Å². The summed E-state index contributed by atoms with van der Waals surface area (Å²) in [5, 5.41) is 20.4. The van der Waals surface area contributed by atoms with E-state index in [1.54, 1.807) is 18.2 Å². The zero-order valence-electron chi connectivity index (χ0n) is 9.08. The molecule has 0 unspecified atom stereocenters. The van der Waals surface area contributed by atoms with E-state index in [2.05, 4.69) is 0 Å². The molecule has 1 aliphatic carbocycles. The zero-order chi connectivity index (χ0) is 12.8. The molecule has 17 heavy (non-hydrogen) atoms. The lowest BCUT2D eigenvalue weighted by atomic mass is 9.94. The van der Waals surface area contributed by atoms with Gasteiger partial charge in [-0.1, -0.05) is 24.3 Å². The molecule has 0 spiro atoms. The number of aliphatic hydroxyl groups is 2. The molecule has 0 radical (unpaired) electrons. The van der Waals surface area contributed by atoms with Gasteiger partial charge in [-0.3, -0.25) is 4.55 Å². The van der Waals surface area contributed by atoms with Crippen molar-refractivity contribution in [1.29, 1.82) is 0 Å². The highest BCUT2D eigenvalue weighted by Crippen LogP contribution is 2.32. The first kappa shape index (κ1) is 11.9. The Hall–Kier alpha value is -1.53. The summed E-state index contributed by atoms with van der Waals surface area (Å²) in [4.78, 5) is 0. The second kappa shape index (κ2) is 3.48. The summed E-state index contributed by atoms with van der Waals surface area (Å²) in [5.41, 5.74) is 0. The molecular formula is C11H12O5S. The fourth-order valence-corrected chi connectivity index (χ4v) is 2.61. The van der Waals surface area contributed by atoms with Crippen LogP contribution in [0.5, 0.6) is 0 Å². The first-order valence-corrected chi connectivity index (χ1v) is 6.39. The molecule has 0 bridgehead atoms. The van der Waals surface area contributed by atoms with E-state index in [0.717, 1.165) is 0 Å². The van der Waals surface area contributed by atoms with Gasteiger partial charge in [-0.15, -0.1) is 0 Å². The first-order valence-electron chi connectivity index (χ1n) is 4.95. The third-order valence-electron chi connectivity index (χ3n) is 3.07. The molecule has 92 valence electrons. The summed E-state index contributed by atoms with van der Waals surface area (Å²) in [6, 6.07) is 6.34. The van der Waals surface area contributed by atoms with Gasteiger partial charge in [-0.05, 0) is 6.92 Å². The molecule has 1 aromatic rings. The van der Waals surface area contributed by atoms with E-state index in [0.29, 0.717) is 5.22 Å². The lowest BCUT2D eigenvalue weighted by Gasteiger charge is -2.27. The van der Waals surface area contributed by atoms with Gasteiger partial charge in [0.15, 0.2) is 4.75 Å². The highest BCUT2D eigenvalue weighted by atomic mass is 32.2. The summed E-state index contributed by atoms with van der Waals surface area (Å²) in [6.07, 6.45) is -0.353. The molecule has 1 aromatic carbocycles. The topological polar surface area (TPSA) is 94.8 Å². The fourth-order valence-electron chi connectivity index (χ4n) is 1.94. The van der Waals surface area contributed by atoms with Crippen molar-refractivity contribution in [2.45, 2.75) is 18.1 Å². The van der Waals surface area contributed by atoms with Crippen molar-refractivity contribution in [1.82, 2.24) is 0 Å². The van der Waals surface area contributed by atoms with Crippen LogP contribution in [0.1, 0.15) is 13.3 Å². The Morgan fingerprint density at radius 3 is 2.24 bits per heavy atom. The van der Waals surface area contributed by atoms with Gasteiger partial charge >= 0.3 is 0 Å². The van der Waals surface area contributed by atoms with Crippen LogP contribution in [0.2, 0.25) is 0 Å². The molecule has 0 saturated carbocycles. The molecule has 3 N–H and O–H groups in total. The number of benzene rings is 1. The van der Waals surface area contributed by atoms with E-state index in [-0.39, 0.29) is 17.4 Å². The summed E-state index contributed by atoms with van der Waals surface area (Å²) in [6.45, 7) is 1.17. The maximum absolute atomic E-state index is 11.3. The second-order valence-corrected chi connectivity index (χ2v) is 6.07. The minimum absolute atomic E-state index is 0.168. The lowest BCUT2D eigenvalue weighted by Crippen LogP contribution is -2.47. The molecule has 2 rings (SSSR count). The quantitative estimate of drug-likeness (QED) is 0.618. The normalized spacial score (nSPS) is 24.6. The molecule has 0 aromatic heterocycles. The fraction of sp³-hybridized carbons (Fsp3) is 0.273. The lowest BCUT2D eigenvalue weighted by molar-refractivity contribution is 0.380. The number of aliphatic hydroxyl groups excluding tert-OH is 2. The Kier molecular flexibility index (Phi) is 2.44. The third-order valence-corrected chi connectivity index (χ3v) is 4.54. The molecule has 0 saturated heterocycles. The van der Waals surface area contributed by atoms with Crippen molar-refractivity contribution in [3.8, 4) is 0 Å². The highest BCUT2D eigenvalue weighted by molar-refractivity contribution is 7.87. The summed E-state index contributed by atoms with van der Waals surface area (Å²) in [7, 11) is -4.52. The van der Waals surface area contributed by atoms with Crippen molar-refractivity contribution in [3.05, 3.63) is 34.7 Å². The predicted octanol–water partition coefficient (Wildman–Crippen LogP) is 0.0692. The van der Waals surface area contributed by atoms with Crippen molar-refractivity contribution >= 4 is 21.6 Å². The third kappa shape index (κ3) is 1.60. The summed E-state index contributed by atoms with van der Waals surface area (Å²) < 4.78 is 29.9. The maximum Gasteiger partial charge on any atom is 0.278 e. The van der Waals surface area contributed by atoms with Gasteiger partial charge in [0.2, 0.25) is 0 Å². The second-order valence-electron chi connectivity index (χ2n) is 4.22. The van der Waals surface area contributed by atoms with E-state index < -0.39 is 20.6 Å². The predicted molar refractivity (Wildman–Crippen MR) is 62.3 cm³/mol. The van der Waals surface area contributed by atoms with Gasteiger partial charge < -0.3 is 10.2 Å². The van der Waals surface area contributed by atoms with Crippen molar-refractivity contribution in [2.75, 3.05) is 0 Å². The van der Waals surface area contributed by atoms with Gasteiger partial charge in [-0.25, -0.2) is 0 Å². The van der Waals surface area contributed by atoms with Crippen molar-refractivity contribution in [2.24, 2.45) is 0 Å². The van der Waals surface area contributed by atoms with Crippen LogP contribution in [0.15, 0.2) is 24.3 Å². The number of rotatable bonds is 1. The number of hydrogen-bond acceptors (Lipinski definition) is 4. The number of fused-ring (bicyclic) bond motifs is 1. The Labute approximate surface area is 98.1 Å². The van der Waals surface area contributed by atoms with Gasteiger partial charge in [0.05, 0.1) is 0 Å². The SMILES string of the molecule is C[C@]1(S(=O)(=O)O)CC(O)=c2ccccc2=C1O. The monoisotopic (exact) mass is 256 g/mol.